The molecule has 0 aliphatic carbocycles. The average molecular weight is 246 g/mol. The second kappa shape index (κ2) is 4.94. The zero-order valence-corrected chi connectivity index (χ0v) is 10.2. The largest absolute Gasteiger partial charge is 0.364 e. The van der Waals surface area contributed by atoms with Crippen molar-refractivity contribution in [2.75, 3.05) is 5.75 Å². The lowest BCUT2D eigenvalue weighted by Crippen LogP contribution is -2.26. The topological polar surface area (TPSA) is 38.1 Å². The van der Waals surface area contributed by atoms with Crippen LogP contribution >= 0.6 is 11.8 Å². The number of fused-ring (bicyclic) bond motifs is 1. The predicted molar refractivity (Wildman–Crippen MR) is 68.7 cm³/mol. The Kier molecular flexibility index (Phi) is 3.16. The molecule has 0 fully saturated rings. The number of benzene rings is 1. The molecule has 1 atom stereocenters. The van der Waals surface area contributed by atoms with Gasteiger partial charge in [0, 0.05) is 30.2 Å². The Labute approximate surface area is 105 Å². The molecule has 2 aromatic rings. The van der Waals surface area contributed by atoms with Gasteiger partial charge in [-0.1, -0.05) is 29.4 Å². The first-order valence-corrected chi connectivity index (χ1v) is 6.87. The molecule has 1 aromatic carbocycles. The number of nitrogens with zero attached hydrogens (tertiary/aromatic N) is 1. The van der Waals surface area contributed by atoms with Crippen LogP contribution in [0.2, 0.25) is 0 Å². The van der Waals surface area contributed by atoms with Gasteiger partial charge in [0.2, 0.25) is 0 Å². The van der Waals surface area contributed by atoms with E-state index in [-0.39, 0.29) is 0 Å². The van der Waals surface area contributed by atoms with Gasteiger partial charge in [-0.05, 0) is 11.1 Å². The minimum absolute atomic E-state index is 0.418. The van der Waals surface area contributed by atoms with Crippen molar-refractivity contribution in [3.63, 3.8) is 0 Å². The number of thioether (sulfide) groups is 1. The van der Waals surface area contributed by atoms with Crippen molar-refractivity contribution in [2.45, 2.75) is 18.3 Å². The van der Waals surface area contributed by atoms with Gasteiger partial charge in [0.25, 0.3) is 0 Å². The standard InChI is InChI=1S/C13H14N2OS/c1-2-4-12-10(3-1)8-17-9-13(12)14-7-11-5-6-16-15-11/h1-6,13-14H,7-9H2. The summed E-state index contributed by atoms with van der Waals surface area (Å²) in [6.07, 6.45) is 1.61. The Bertz CT molecular complexity index is 484. The minimum atomic E-state index is 0.418. The third-order valence-electron chi connectivity index (χ3n) is 2.99. The molecule has 1 aliphatic heterocycles. The molecule has 0 saturated carbocycles. The zero-order chi connectivity index (χ0) is 11.5. The summed E-state index contributed by atoms with van der Waals surface area (Å²) in [6.45, 7) is 0.760. The molecule has 0 bridgehead atoms. The third-order valence-corrected chi connectivity index (χ3v) is 4.08. The van der Waals surface area contributed by atoms with Crippen molar-refractivity contribution < 1.29 is 4.52 Å². The summed E-state index contributed by atoms with van der Waals surface area (Å²) < 4.78 is 4.83. The Balaban J connectivity index is 1.72. The monoisotopic (exact) mass is 246 g/mol. The van der Waals surface area contributed by atoms with Crippen LogP contribution in [0, 0.1) is 0 Å². The Morgan fingerprint density at radius 2 is 2.29 bits per heavy atom. The maximum absolute atomic E-state index is 4.83. The summed E-state index contributed by atoms with van der Waals surface area (Å²) in [5, 5.41) is 7.45. The van der Waals surface area contributed by atoms with E-state index in [2.05, 4.69) is 34.7 Å². The van der Waals surface area contributed by atoms with E-state index in [9.17, 15) is 0 Å². The van der Waals surface area contributed by atoms with Crippen LogP contribution in [0.15, 0.2) is 41.1 Å². The fraction of sp³-hybridized carbons (Fsp3) is 0.308. The van der Waals surface area contributed by atoms with Gasteiger partial charge in [-0.25, -0.2) is 0 Å². The van der Waals surface area contributed by atoms with Crippen LogP contribution in [0.5, 0.6) is 0 Å². The lowest BCUT2D eigenvalue weighted by molar-refractivity contribution is 0.406. The van der Waals surface area contributed by atoms with Gasteiger partial charge in [-0.3, -0.25) is 0 Å². The number of hydrogen-bond acceptors (Lipinski definition) is 4. The van der Waals surface area contributed by atoms with Gasteiger partial charge in [0.05, 0.1) is 5.69 Å². The van der Waals surface area contributed by atoms with Crippen molar-refractivity contribution in [3.05, 3.63) is 53.4 Å². The molecule has 17 heavy (non-hydrogen) atoms. The molecule has 0 spiro atoms. The summed E-state index contributed by atoms with van der Waals surface area (Å²) in [6, 6.07) is 11.0. The summed E-state index contributed by atoms with van der Waals surface area (Å²) in [7, 11) is 0. The van der Waals surface area contributed by atoms with Crippen LogP contribution in [0.4, 0.5) is 0 Å². The number of nitrogens with one attached hydrogen (secondary N) is 1. The van der Waals surface area contributed by atoms with Crippen molar-refractivity contribution in [3.8, 4) is 0 Å². The number of rotatable bonds is 3. The van der Waals surface area contributed by atoms with E-state index in [0.717, 1.165) is 23.7 Å². The van der Waals surface area contributed by atoms with Crippen LogP contribution in [0.25, 0.3) is 0 Å². The minimum Gasteiger partial charge on any atom is -0.364 e. The van der Waals surface area contributed by atoms with E-state index >= 15 is 0 Å². The van der Waals surface area contributed by atoms with Crippen LogP contribution in [-0.4, -0.2) is 10.9 Å². The normalized spacial score (nSPS) is 18.9. The molecular weight excluding hydrogens is 232 g/mol. The molecule has 88 valence electrons. The average Bonchev–Trinajstić information content (AvgIpc) is 2.89. The van der Waals surface area contributed by atoms with Gasteiger partial charge in [-0.2, -0.15) is 11.8 Å². The van der Waals surface area contributed by atoms with Crippen molar-refractivity contribution in [1.29, 1.82) is 0 Å². The van der Waals surface area contributed by atoms with Crippen LogP contribution in [0.1, 0.15) is 22.9 Å². The first-order chi connectivity index (χ1) is 8.43. The molecule has 3 nitrogen and oxygen atoms in total. The fourth-order valence-corrected chi connectivity index (χ4v) is 3.24. The third kappa shape index (κ3) is 2.37. The highest BCUT2D eigenvalue weighted by Gasteiger charge is 2.19. The molecule has 1 unspecified atom stereocenters. The molecule has 4 heteroatoms. The van der Waals surface area contributed by atoms with Gasteiger partial charge in [-0.15, -0.1) is 0 Å². The Morgan fingerprint density at radius 3 is 3.18 bits per heavy atom. The fourth-order valence-electron chi connectivity index (χ4n) is 2.11. The summed E-state index contributed by atoms with van der Waals surface area (Å²) in [5.41, 5.74) is 3.83. The highest BCUT2D eigenvalue weighted by molar-refractivity contribution is 7.98. The molecule has 2 heterocycles. The predicted octanol–water partition coefficient (Wildman–Crippen LogP) is 2.75. The molecule has 1 N–H and O–H groups in total. The van der Waals surface area contributed by atoms with E-state index < -0.39 is 0 Å². The summed E-state index contributed by atoms with van der Waals surface area (Å²) in [5.74, 6) is 2.24. The van der Waals surface area contributed by atoms with Gasteiger partial charge in [0.15, 0.2) is 0 Å². The van der Waals surface area contributed by atoms with E-state index in [0.29, 0.717) is 6.04 Å². The van der Waals surface area contributed by atoms with Gasteiger partial charge >= 0.3 is 0 Å². The van der Waals surface area contributed by atoms with Gasteiger partial charge in [0.1, 0.15) is 6.26 Å². The maximum Gasteiger partial charge on any atom is 0.124 e. The van der Waals surface area contributed by atoms with Crippen molar-refractivity contribution in [1.82, 2.24) is 10.5 Å². The Hall–Kier alpha value is -1.26. The second-order valence-corrected chi connectivity index (χ2v) is 5.17. The molecule has 3 rings (SSSR count). The molecule has 1 aromatic heterocycles. The van der Waals surface area contributed by atoms with E-state index in [4.69, 9.17) is 4.52 Å². The second-order valence-electron chi connectivity index (χ2n) is 4.14. The van der Waals surface area contributed by atoms with E-state index in [1.807, 2.05) is 17.8 Å². The lowest BCUT2D eigenvalue weighted by atomic mass is 10.0. The lowest BCUT2D eigenvalue weighted by Gasteiger charge is -2.25. The molecule has 0 amide bonds. The zero-order valence-electron chi connectivity index (χ0n) is 9.43. The first-order valence-electron chi connectivity index (χ1n) is 5.71. The van der Waals surface area contributed by atoms with Crippen LogP contribution in [0.3, 0.4) is 0 Å². The van der Waals surface area contributed by atoms with Crippen LogP contribution < -0.4 is 5.32 Å². The number of hydrogen-bond donors (Lipinski definition) is 1. The summed E-state index contributed by atoms with van der Waals surface area (Å²) >= 11 is 1.98. The van der Waals surface area contributed by atoms with Crippen LogP contribution in [-0.2, 0) is 12.3 Å². The SMILES string of the molecule is c1ccc2c(c1)CSCC2NCc1ccon1. The molecule has 1 aliphatic rings. The molecule has 0 radical (unpaired) electrons. The maximum atomic E-state index is 4.83. The van der Waals surface area contributed by atoms with E-state index in [1.54, 1.807) is 6.26 Å². The summed E-state index contributed by atoms with van der Waals surface area (Å²) in [4.78, 5) is 0. The van der Waals surface area contributed by atoms with E-state index in [1.165, 1.54) is 11.1 Å². The first kappa shape index (κ1) is 10.9. The Morgan fingerprint density at radius 1 is 1.35 bits per heavy atom. The molecule has 0 saturated heterocycles. The van der Waals surface area contributed by atoms with Crippen molar-refractivity contribution >= 4 is 11.8 Å². The highest BCUT2D eigenvalue weighted by Crippen LogP contribution is 2.31. The molecular formula is C13H14N2OS. The number of aromatic nitrogens is 1. The van der Waals surface area contributed by atoms with Gasteiger partial charge < -0.3 is 9.84 Å². The smallest absolute Gasteiger partial charge is 0.124 e. The van der Waals surface area contributed by atoms with Crippen molar-refractivity contribution in [2.24, 2.45) is 0 Å². The quantitative estimate of drug-likeness (QED) is 0.903. The highest BCUT2D eigenvalue weighted by atomic mass is 32.2.